The van der Waals surface area contributed by atoms with Crippen molar-refractivity contribution in [2.45, 2.75) is 27.4 Å². The van der Waals surface area contributed by atoms with Crippen LogP contribution in [0.3, 0.4) is 0 Å². The van der Waals surface area contributed by atoms with E-state index in [1.807, 2.05) is 87.5 Å². The summed E-state index contributed by atoms with van der Waals surface area (Å²) in [6.45, 7) is 6.36. The number of ether oxygens (including phenoxy) is 2. The molecule has 0 radical (unpaired) electrons. The predicted molar refractivity (Wildman–Crippen MR) is 132 cm³/mol. The summed E-state index contributed by atoms with van der Waals surface area (Å²) in [6.07, 6.45) is 1.58. The van der Waals surface area contributed by atoms with Gasteiger partial charge in [0.25, 0.3) is 0 Å². The van der Waals surface area contributed by atoms with Gasteiger partial charge < -0.3 is 19.2 Å². The van der Waals surface area contributed by atoms with Gasteiger partial charge in [0.05, 0.1) is 7.11 Å². The molecular weight excluding hydrogens is 414 g/mol. The van der Waals surface area contributed by atoms with Gasteiger partial charge in [-0.15, -0.1) is 0 Å². The van der Waals surface area contributed by atoms with E-state index in [2.05, 4.69) is 5.32 Å². The maximum Gasteiger partial charge on any atom is 0.248 e. The number of rotatable bonds is 7. The third kappa shape index (κ3) is 5.09. The molecule has 1 N–H and O–H groups in total. The maximum absolute atomic E-state index is 12.6. The fraction of sp³-hybridized carbons (Fsp3) is 0.179. The van der Waals surface area contributed by atoms with Gasteiger partial charge in [-0.3, -0.25) is 4.79 Å². The van der Waals surface area contributed by atoms with Crippen molar-refractivity contribution in [3.05, 3.63) is 95.3 Å². The van der Waals surface area contributed by atoms with Crippen LogP contribution >= 0.6 is 0 Å². The summed E-state index contributed by atoms with van der Waals surface area (Å²) in [5.41, 5.74) is 5.31. The monoisotopic (exact) mass is 441 g/mol. The predicted octanol–water partition coefficient (Wildman–Crippen LogP) is 6.68. The molecule has 33 heavy (non-hydrogen) atoms. The van der Waals surface area contributed by atoms with Crippen LogP contribution in [-0.4, -0.2) is 13.0 Å². The largest absolute Gasteiger partial charge is 0.496 e. The minimum Gasteiger partial charge on any atom is -0.496 e. The number of fused-ring (bicyclic) bond motifs is 1. The fourth-order valence-electron chi connectivity index (χ4n) is 3.67. The average molecular weight is 442 g/mol. The second-order valence-electron chi connectivity index (χ2n) is 7.95. The van der Waals surface area contributed by atoms with E-state index in [0.29, 0.717) is 18.0 Å². The number of carbonyl (C=O) groups is 1. The van der Waals surface area contributed by atoms with Gasteiger partial charge in [0.15, 0.2) is 0 Å². The zero-order chi connectivity index (χ0) is 23.4. The Bertz CT molecular complexity index is 1300. The van der Waals surface area contributed by atoms with Crippen LogP contribution in [0.15, 0.2) is 77.2 Å². The Hall–Kier alpha value is -3.99. The molecule has 0 aliphatic carbocycles. The van der Waals surface area contributed by atoms with Gasteiger partial charge >= 0.3 is 0 Å². The van der Waals surface area contributed by atoms with Crippen molar-refractivity contribution < 1.29 is 18.7 Å². The lowest BCUT2D eigenvalue weighted by atomic mass is 10.0. The number of hydrogen-bond donors (Lipinski definition) is 1. The third-order valence-electron chi connectivity index (χ3n) is 5.64. The molecular formula is C28H27NO4. The summed E-state index contributed by atoms with van der Waals surface area (Å²) >= 11 is 0. The average Bonchev–Trinajstić information content (AvgIpc) is 3.10. The van der Waals surface area contributed by atoms with Crippen molar-refractivity contribution in [3.63, 3.8) is 0 Å². The maximum atomic E-state index is 12.6. The third-order valence-corrected chi connectivity index (χ3v) is 5.64. The van der Waals surface area contributed by atoms with Crippen LogP contribution in [0.5, 0.6) is 11.5 Å². The highest BCUT2D eigenvalue weighted by Crippen LogP contribution is 2.34. The van der Waals surface area contributed by atoms with Gasteiger partial charge in [0, 0.05) is 28.8 Å². The van der Waals surface area contributed by atoms with E-state index in [1.54, 1.807) is 13.2 Å². The number of methoxy groups -OCH3 is 1. The minimum absolute atomic E-state index is 0.215. The number of carbonyl (C=O) groups excluding carboxylic acids is 1. The van der Waals surface area contributed by atoms with Crippen LogP contribution in [0.1, 0.15) is 29.4 Å². The number of aryl methyl sites for hydroxylation is 2. The van der Waals surface area contributed by atoms with E-state index >= 15 is 0 Å². The molecule has 0 atom stereocenters. The second-order valence-corrected chi connectivity index (χ2v) is 7.95. The molecule has 0 fully saturated rings. The lowest BCUT2D eigenvalue weighted by Gasteiger charge is -2.10. The van der Waals surface area contributed by atoms with Crippen molar-refractivity contribution in [1.29, 1.82) is 0 Å². The Kier molecular flexibility index (Phi) is 6.50. The van der Waals surface area contributed by atoms with Crippen LogP contribution in [0.4, 0.5) is 5.69 Å². The van der Waals surface area contributed by atoms with Crippen molar-refractivity contribution in [2.75, 3.05) is 12.4 Å². The first-order chi connectivity index (χ1) is 15.9. The Morgan fingerprint density at radius 1 is 1.03 bits per heavy atom. The molecule has 5 heteroatoms. The van der Waals surface area contributed by atoms with E-state index in [4.69, 9.17) is 13.9 Å². The van der Waals surface area contributed by atoms with Gasteiger partial charge in [0.1, 0.15) is 29.4 Å². The summed E-state index contributed by atoms with van der Waals surface area (Å²) in [5.74, 6) is 2.07. The van der Waals surface area contributed by atoms with Crippen LogP contribution in [0, 0.1) is 13.8 Å². The van der Waals surface area contributed by atoms with E-state index in [-0.39, 0.29) is 5.91 Å². The van der Waals surface area contributed by atoms with E-state index < -0.39 is 0 Å². The van der Waals surface area contributed by atoms with Crippen LogP contribution in [0.2, 0.25) is 0 Å². The molecule has 0 saturated carbocycles. The number of anilines is 1. The van der Waals surface area contributed by atoms with Crippen LogP contribution < -0.4 is 14.8 Å². The standard InChI is InChI=1S/C28H27NO4/c1-18(24-15-25-19(2)20(3)33-27(25)16-26(24)31-4)14-28(30)29-22-10-12-23(13-11-22)32-17-21-8-6-5-7-9-21/h5-16H,17H2,1-4H3,(H,29,30)/b18-14+. The Balaban J connectivity index is 1.45. The highest BCUT2D eigenvalue weighted by atomic mass is 16.5. The molecule has 1 heterocycles. The molecule has 3 aromatic carbocycles. The highest BCUT2D eigenvalue weighted by molar-refractivity contribution is 6.04. The molecule has 4 rings (SSSR count). The zero-order valence-corrected chi connectivity index (χ0v) is 19.3. The molecule has 0 aliphatic heterocycles. The number of furan rings is 1. The Labute approximate surface area is 193 Å². The molecule has 0 aliphatic rings. The van der Waals surface area contributed by atoms with E-state index in [0.717, 1.165) is 44.7 Å². The second kappa shape index (κ2) is 9.65. The molecule has 4 aromatic rings. The summed E-state index contributed by atoms with van der Waals surface area (Å²) in [6, 6.07) is 21.2. The lowest BCUT2D eigenvalue weighted by Crippen LogP contribution is -2.08. The first-order valence-electron chi connectivity index (χ1n) is 10.8. The normalized spacial score (nSPS) is 11.5. The van der Waals surface area contributed by atoms with Gasteiger partial charge in [-0.1, -0.05) is 30.3 Å². The fourth-order valence-corrected chi connectivity index (χ4v) is 3.67. The molecule has 0 bridgehead atoms. The van der Waals surface area contributed by atoms with Crippen LogP contribution in [-0.2, 0) is 11.4 Å². The Morgan fingerprint density at radius 2 is 1.76 bits per heavy atom. The summed E-state index contributed by atoms with van der Waals surface area (Å²) in [7, 11) is 1.61. The lowest BCUT2D eigenvalue weighted by molar-refractivity contribution is -0.111. The summed E-state index contributed by atoms with van der Waals surface area (Å²) < 4.78 is 17.1. The molecule has 0 saturated heterocycles. The number of hydrogen-bond acceptors (Lipinski definition) is 4. The number of benzene rings is 3. The highest BCUT2D eigenvalue weighted by Gasteiger charge is 2.14. The molecule has 1 aromatic heterocycles. The van der Waals surface area contributed by atoms with Gasteiger partial charge in [-0.2, -0.15) is 0 Å². The SMILES string of the molecule is COc1cc2oc(C)c(C)c2cc1/C(C)=C/C(=O)Nc1ccc(OCc2ccccc2)cc1. The van der Waals surface area contributed by atoms with Crippen molar-refractivity contribution >= 4 is 28.1 Å². The van der Waals surface area contributed by atoms with Crippen LogP contribution in [0.25, 0.3) is 16.5 Å². The number of amides is 1. The first-order valence-corrected chi connectivity index (χ1v) is 10.8. The van der Waals surface area contributed by atoms with Gasteiger partial charge in [-0.05, 0) is 67.8 Å². The van der Waals surface area contributed by atoms with Crippen molar-refractivity contribution in [2.24, 2.45) is 0 Å². The Morgan fingerprint density at radius 3 is 2.45 bits per heavy atom. The molecule has 5 nitrogen and oxygen atoms in total. The quantitative estimate of drug-likeness (QED) is 0.325. The van der Waals surface area contributed by atoms with Gasteiger partial charge in [0.2, 0.25) is 5.91 Å². The topological polar surface area (TPSA) is 60.7 Å². The summed E-state index contributed by atoms with van der Waals surface area (Å²) in [5, 5.41) is 3.92. The van der Waals surface area contributed by atoms with Crippen molar-refractivity contribution in [3.8, 4) is 11.5 Å². The summed E-state index contributed by atoms with van der Waals surface area (Å²) in [4.78, 5) is 12.6. The van der Waals surface area contributed by atoms with Gasteiger partial charge in [-0.25, -0.2) is 0 Å². The van der Waals surface area contributed by atoms with Crippen molar-refractivity contribution in [1.82, 2.24) is 0 Å². The molecule has 1 amide bonds. The smallest absolute Gasteiger partial charge is 0.248 e. The molecule has 0 unspecified atom stereocenters. The van der Waals surface area contributed by atoms with E-state index in [9.17, 15) is 4.79 Å². The first kappa shape index (κ1) is 22.2. The number of nitrogens with one attached hydrogen (secondary N) is 1. The van der Waals surface area contributed by atoms with E-state index in [1.165, 1.54) is 0 Å². The number of allylic oxidation sites excluding steroid dienone is 1. The zero-order valence-electron chi connectivity index (χ0n) is 19.3. The molecule has 168 valence electrons. The minimum atomic E-state index is -0.215. The molecule has 0 spiro atoms.